The van der Waals surface area contributed by atoms with Crippen LogP contribution in [0, 0.1) is 13.8 Å². The number of carbonyl (C=O) groups is 1. The van der Waals surface area contributed by atoms with Crippen molar-refractivity contribution in [3.63, 3.8) is 0 Å². The SMILES string of the molecule is COC(=O)c1ccc(-n2c(C)cc([C@H]3[C@H](c4ccccn4)NC(=S)N3Cc3cccnc3)c2C)cc1. The molecule has 1 aliphatic heterocycles. The van der Waals surface area contributed by atoms with Gasteiger partial charge in [-0.15, -0.1) is 0 Å². The average molecular weight is 498 g/mol. The maximum Gasteiger partial charge on any atom is 0.337 e. The molecule has 0 amide bonds. The van der Waals surface area contributed by atoms with Crippen LogP contribution in [-0.2, 0) is 11.3 Å². The molecule has 0 saturated carbocycles. The van der Waals surface area contributed by atoms with E-state index in [1.165, 1.54) is 7.11 Å². The van der Waals surface area contributed by atoms with Crippen molar-refractivity contribution in [2.75, 3.05) is 7.11 Å². The monoisotopic (exact) mass is 497 g/mol. The molecule has 4 heterocycles. The Morgan fingerprint density at radius 1 is 1.08 bits per heavy atom. The summed E-state index contributed by atoms with van der Waals surface area (Å²) >= 11 is 5.84. The van der Waals surface area contributed by atoms with Gasteiger partial charge in [-0.05, 0) is 85.7 Å². The topological polar surface area (TPSA) is 72.3 Å². The zero-order valence-corrected chi connectivity index (χ0v) is 21.2. The summed E-state index contributed by atoms with van der Waals surface area (Å²) in [7, 11) is 1.39. The van der Waals surface area contributed by atoms with Crippen LogP contribution in [-0.4, -0.2) is 37.6 Å². The highest BCUT2D eigenvalue weighted by Gasteiger charge is 2.41. The molecule has 0 bridgehead atoms. The molecule has 0 unspecified atom stereocenters. The summed E-state index contributed by atoms with van der Waals surface area (Å²) in [5.41, 5.74) is 6.87. The van der Waals surface area contributed by atoms with Gasteiger partial charge in [-0.1, -0.05) is 12.1 Å². The van der Waals surface area contributed by atoms with Crippen LogP contribution in [0.3, 0.4) is 0 Å². The first-order valence-corrected chi connectivity index (χ1v) is 12.1. The minimum atomic E-state index is -0.349. The molecule has 7 nitrogen and oxygen atoms in total. The Morgan fingerprint density at radius 2 is 1.89 bits per heavy atom. The minimum Gasteiger partial charge on any atom is -0.465 e. The number of aromatic nitrogens is 3. The molecule has 3 aromatic heterocycles. The van der Waals surface area contributed by atoms with Gasteiger partial charge in [0.1, 0.15) is 0 Å². The van der Waals surface area contributed by atoms with Crippen LogP contribution in [0.15, 0.2) is 79.3 Å². The maximum absolute atomic E-state index is 11.9. The summed E-state index contributed by atoms with van der Waals surface area (Å²) in [6.45, 7) is 4.84. The number of carbonyl (C=O) groups excluding carboxylic acids is 1. The van der Waals surface area contributed by atoms with Gasteiger partial charge in [-0.3, -0.25) is 9.97 Å². The molecule has 8 heteroatoms. The van der Waals surface area contributed by atoms with Crippen molar-refractivity contribution in [3.05, 3.63) is 113 Å². The van der Waals surface area contributed by atoms with Crippen LogP contribution in [0.4, 0.5) is 0 Å². The zero-order valence-electron chi connectivity index (χ0n) is 20.4. The van der Waals surface area contributed by atoms with Crippen LogP contribution in [0.25, 0.3) is 5.69 Å². The third-order valence-electron chi connectivity index (χ3n) is 6.61. The predicted octanol–water partition coefficient (Wildman–Crippen LogP) is 4.84. The Labute approximate surface area is 215 Å². The molecule has 0 radical (unpaired) electrons. The Hall–Kier alpha value is -4.04. The van der Waals surface area contributed by atoms with E-state index < -0.39 is 0 Å². The lowest BCUT2D eigenvalue weighted by atomic mass is 9.96. The number of benzene rings is 1. The summed E-state index contributed by atoms with van der Waals surface area (Å²) in [5.74, 6) is -0.349. The Kier molecular flexibility index (Phi) is 6.52. The summed E-state index contributed by atoms with van der Waals surface area (Å²) in [6, 6.07) is 19.5. The van der Waals surface area contributed by atoms with E-state index in [4.69, 9.17) is 17.0 Å². The molecule has 36 heavy (non-hydrogen) atoms. The summed E-state index contributed by atoms with van der Waals surface area (Å²) in [5, 5.41) is 4.21. The molecule has 182 valence electrons. The molecule has 1 aliphatic rings. The van der Waals surface area contributed by atoms with E-state index in [0.29, 0.717) is 17.2 Å². The van der Waals surface area contributed by atoms with Crippen molar-refractivity contribution in [2.24, 2.45) is 0 Å². The second-order valence-corrected chi connectivity index (χ2v) is 9.20. The molecular weight excluding hydrogens is 470 g/mol. The van der Waals surface area contributed by atoms with E-state index >= 15 is 0 Å². The van der Waals surface area contributed by atoms with E-state index in [1.807, 2.05) is 48.8 Å². The molecule has 2 atom stereocenters. The van der Waals surface area contributed by atoms with E-state index in [0.717, 1.165) is 33.9 Å². The van der Waals surface area contributed by atoms with E-state index in [-0.39, 0.29) is 18.1 Å². The van der Waals surface area contributed by atoms with E-state index in [2.05, 4.69) is 50.7 Å². The fourth-order valence-electron chi connectivity index (χ4n) is 4.95. The number of thiocarbonyl (C=S) groups is 1. The number of rotatable bonds is 6. The van der Waals surface area contributed by atoms with Crippen molar-refractivity contribution in [2.45, 2.75) is 32.5 Å². The van der Waals surface area contributed by atoms with Crippen LogP contribution in [0.1, 0.15) is 50.7 Å². The minimum absolute atomic E-state index is 0.0677. The van der Waals surface area contributed by atoms with Gasteiger partial charge in [0.05, 0.1) is 30.5 Å². The van der Waals surface area contributed by atoms with Crippen molar-refractivity contribution in [1.29, 1.82) is 0 Å². The predicted molar refractivity (Wildman–Crippen MR) is 142 cm³/mol. The molecule has 0 spiro atoms. The molecule has 1 fully saturated rings. The standard InChI is InChI=1S/C28H27N5O2S/c1-18-15-23(19(2)33(18)22-11-9-21(10-12-22)27(34)35-3)26-25(24-8-4-5-14-30-24)31-28(36)32(26)17-20-7-6-13-29-16-20/h4-16,25-26H,17H2,1-3H3,(H,31,36)/t25-,26-/m0/s1. The number of hydrogen-bond donors (Lipinski definition) is 1. The molecule has 4 aromatic rings. The van der Waals surface area contributed by atoms with E-state index in [1.54, 1.807) is 18.3 Å². The first-order chi connectivity index (χ1) is 17.5. The fraction of sp³-hybridized carbons (Fsp3) is 0.214. The summed E-state index contributed by atoms with van der Waals surface area (Å²) in [6.07, 6.45) is 5.46. The average Bonchev–Trinajstić information content (AvgIpc) is 3.39. The van der Waals surface area contributed by atoms with Gasteiger partial charge in [0.2, 0.25) is 0 Å². The quantitative estimate of drug-likeness (QED) is 0.302. The maximum atomic E-state index is 11.9. The van der Waals surface area contributed by atoms with Gasteiger partial charge in [0.25, 0.3) is 0 Å². The fourth-order valence-corrected chi connectivity index (χ4v) is 5.26. The highest BCUT2D eigenvalue weighted by atomic mass is 32.1. The smallest absolute Gasteiger partial charge is 0.337 e. The number of hydrogen-bond acceptors (Lipinski definition) is 5. The first-order valence-electron chi connectivity index (χ1n) is 11.7. The number of methoxy groups -OCH3 is 1. The van der Waals surface area contributed by atoms with Crippen molar-refractivity contribution >= 4 is 23.3 Å². The van der Waals surface area contributed by atoms with Crippen LogP contribution < -0.4 is 5.32 Å². The van der Waals surface area contributed by atoms with Crippen molar-refractivity contribution < 1.29 is 9.53 Å². The van der Waals surface area contributed by atoms with Crippen LogP contribution >= 0.6 is 12.2 Å². The second kappa shape index (κ2) is 9.91. The Bertz CT molecular complexity index is 1390. The molecule has 0 aliphatic carbocycles. The normalized spacial score (nSPS) is 17.2. The number of aryl methyl sites for hydroxylation is 1. The highest BCUT2D eigenvalue weighted by molar-refractivity contribution is 7.80. The lowest BCUT2D eigenvalue weighted by molar-refractivity contribution is 0.0600. The summed E-state index contributed by atoms with van der Waals surface area (Å²) < 4.78 is 7.05. The molecule has 1 N–H and O–H groups in total. The lowest BCUT2D eigenvalue weighted by Gasteiger charge is -2.28. The van der Waals surface area contributed by atoms with Crippen LogP contribution in [0.2, 0.25) is 0 Å². The third kappa shape index (κ3) is 4.35. The molecular formula is C28H27N5O2S. The first kappa shape index (κ1) is 23.7. The van der Waals surface area contributed by atoms with Gasteiger partial charge in [-0.25, -0.2) is 4.79 Å². The Morgan fingerprint density at radius 3 is 2.56 bits per heavy atom. The van der Waals surface area contributed by atoms with Gasteiger partial charge in [0.15, 0.2) is 5.11 Å². The zero-order chi connectivity index (χ0) is 25.2. The van der Waals surface area contributed by atoms with Crippen LogP contribution in [0.5, 0.6) is 0 Å². The number of nitrogens with zero attached hydrogens (tertiary/aromatic N) is 4. The number of nitrogens with one attached hydrogen (secondary N) is 1. The van der Waals surface area contributed by atoms with Gasteiger partial charge >= 0.3 is 5.97 Å². The second-order valence-electron chi connectivity index (χ2n) is 8.82. The number of ether oxygens (including phenoxy) is 1. The highest BCUT2D eigenvalue weighted by Crippen LogP contribution is 2.42. The lowest BCUT2D eigenvalue weighted by Crippen LogP contribution is -2.29. The van der Waals surface area contributed by atoms with Gasteiger partial charge in [-0.2, -0.15) is 0 Å². The molecule has 5 rings (SSSR count). The largest absolute Gasteiger partial charge is 0.465 e. The van der Waals surface area contributed by atoms with Gasteiger partial charge in [0, 0.05) is 42.2 Å². The molecule has 1 saturated heterocycles. The number of esters is 1. The van der Waals surface area contributed by atoms with Crippen molar-refractivity contribution in [1.82, 2.24) is 24.8 Å². The van der Waals surface area contributed by atoms with Gasteiger partial charge < -0.3 is 19.5 Å². The Balaban J connectivity index is 1.58. The summed E-state index contributed by atoms with van der Waals surface area (Å²) in [4.78, 5) is 23.1. The number of pyridine rings is 2. The van der Waals surface area contributed by atoms with Crippen molar-refractivity contribution in [3.8, 4) is 5.69 Å². The third-order valence-corrected chi connectivity index (χ3v) is 6.96. The van der Waals surface area contributed by atoms with E-state index in [9.17, 15) is 4.79 Å². The molecule has 1 aromatic carbocycles.